The zero-order valence-corrected chi connectivity index (χ0v) is 21.6. The Balaban J connectivity index is 1.83. The second-order valence-corrected chi connectivity index (χ2v) is 10.2. The number of hydrogen-bond donors (Lipinski definition) is 4. The van der Waals surface area contributed by atoms with E-state index in [0.717, 1.165) is 25.7 Å². The number of alkyl halides is 1. The Hall–Kier alpha value is -3.00. The van der Waals surface area contributed by atoms with E-state index in [2.05, 4.69) is 32.8 Å². The molecule has 9 nitrogen and oxygen atoms in total. The van der Waals surface area contributed by atoms with Gasteiger partial charge in [-0.3, -0.25) is 4.79 Å². The number of pyridine rings is 2. The van der Waals surface area contributed by atoms with Gasteiger partial charge < -0.3 is 25.8 Å². The Morgan fingerprint density at radius 1 is 1.36 bits per heavy atom. The van der Waals surface area contributed by atoms with Crippen molar-refractivity contribution in [2.24, 2.45) is 0 Å². The highest BCUT2D eigenvalue weighted by Crippen LogP contribution is 2.33. The highest BCUT2D eigenvalue weighted by atomic mass is 35.5. The van der Waals surface area contributed by atoms with Gasteiger partial charge in [0.15, 0.2) is 0 Å². The van der Waals surface area contributed by atoms with Crippen LogP contribution in [0.1, 0.15) is 62.4 Å². The fourth-order valence-electron chi connectivity index (χ4n) is 3.86. The molecule has 4 N–H and O–H groups in total. The zero-order chi connectivity index (χ0) is 26.5. The summed E-state index contributed by atoms with van der Waals surface area (Å²) in [6.07, 6.45) is 4.53. The molecule has 2 aromatic heterocycles. The van der Waals surface area contributed by atoms with Crippen molar-refractivity contribution in [3.63, 3.8) is 0 Å². The van der Waals surface area contributed by atoms with Crippen molar-refractivity contribution in [1.82, 2.24) is 15.3 Å². The van der Waals surface area contributed by atoms with Crippen LogP contribution in [0.25, 0.3) is 0 Å². The molecule has 0 aromatic carbocycles. The van der Waals surface area contributed by atoms with Gasteiger partial charge in [-0.05, 0) is 52.5 Å². The van der Waals surface area contributed by atoms with Crippen molar-refractivity contribution in [2.45, 2.75) is 69.9 Å². The Bertz CT molecular complexity index is 1130. The monoisotopic (exact) mass is 518 g/mol. The van der Waals surface area contributed by atoms with Crippen molar-refractivity contribution in [2.75, 3.05) is 24.3 Å². The Morgan fingerprint density at radius 2 is 2.06 bits per heavy atom. The molecule has 1 fully saturated rings. The average Bonchev–Trinajstić information content (AvgIpc) is 2.84. The van der Waals surface area contributed by atoms with Crippen LogP contribution >= 0.6 is 11.6 Å². The molecule has 36 heavy (non-hydrogen) atoms. The Labute approximate surface area is 215 Å². The highest BCUT2D eigenvalue weighted by Gasteiger charge is 2.32. The number of nitrogens with zero attached hydrogens (tertiary/aromatic N) is 3. The smallest absolute Gasteiger partial charge is 0.255 e. The van der Waals surface area contributed by atoms with E-state index in [1.54, 1.807) is 13.2 Å². The summed E-state index contributed by atoms with van der Waals surface area (Å²) in [5.41, 5.74) is -0.675. The number of anilines is 3. The number of carbonyl (C=O) groups excluding carboxylic acids is 1. The first-order valence-electron chi connectivity index (χ1n) is 11.7. The van der Waals surface area contributed by atoms with Crippen molar-refractivity contribution < 1.29 is 19.0 Å². The Kier molecular flexibility index (Phi) is 8.71. The van der Waals surface area contributed by atoms with Gasteiger partial charge >= 0.3 is 0 Å². The normalized spacial score (nSPS) is 20.8. The molecule has 3 rings (SSSR count). The van der Waals surface area contributed by atoms with E-state index in [1.807, 2.05) is 6.07 Å². The molecule has 1 aliphatic rings. The fourth-order valence-corrected chi connectivity index (χ4v) is 4.07. The molecule has 0 bridgehead atoms. The number of amides is 1. The first kappa shape index (κ1) is 27.6. The lowest BCUT2D eigenvalue weighted by Crippen LogP contribution is -2.42. The lowest BCUT2D eigenvalue weighted by Gasteiger charge is -2.37. The first-order chi connectivity index (χ1) is 16.9. The molecule has 0 aliphatic heterocycles. The maximum absolute atomic E-state index is 14.2. The van der Waals surface area contributed by atoms with Gasteiger partial charge in [0, 0.05) is 31.6 Å². The lowest BCUT2D eigenvalue weighted by atomic mass is 9.83. The van der Waals surface area contributed by atoms with Crippen molar-refractivity contribution in [1.29, 1.82) is 5.26 Å². The molecule has 0 radical (unpaired) electrons. The van der Waals surface area contributed by atoms with Crippen molar-refractivity contribution >= 4 is 34.8 Å². The number of ether oxygens (including phenoxy) is 1. The third kappa shape index (κ3) is 7.03. The minimum atomic E-state index is -1.64. The van der Waals surface area contributed by atoms with E-state index in [9.17, 15) is 14.3 Å². The van der Waals surface area contributed by atoms with Crippen LogP contribution in [0.15, 0.2) is 24.5 Å². The molecule has 1 aliphatic carbocycles. The predicted molar refractivity (Wildman–Crippen MR) is 136 cm³/mol. The minimum Gasteiger partial charge on any atom is -0.387 e. The molecule has 11 heteroatoms. The fraction of sp³-hybridized carbons (Fsp3) is 0.520. The third-order valence-electron chi connectivity index (χ3n) is 6.47. The van der Waals surface area contributed by atoms with E-state index >= 15 is 0 Å². The number of methoxy groups -OCH3 is 1. The zero-order valence-electron chi connectivity index (χ0n) is 20.9. The summed E-state index contributed by atoms with van der Waals surface area (Å²) in [5, 5.41) is 28.1. The molecule has 1 saturated carbocycles. The van der Waals surface area contributed by atoms with Crippen LogP contribution in [-0.4, -0.2) is 58.1 Å². The van der Waals surface area contributed by atoms with Gasteiger partial charge in [-0.2, -0.15) is 5.26 Å². The van der Waals surface area contributed by atoms with Crippen molar-refractivity contribution in [3.8, 4) is 6.07 Å². The van der Waals surface area contributed by atoms with E-state index in [4.69, 9.17) is 21.6 Å². The van der Waals surface area contributed by atoms with Crippen LogP contribution in [0.3, 0.4) is 0 Å². The molecule has 0 spiro atoms. The predicted octanol–water partition coefficient (Wildman–Crippen LogP) is 4.34. The van der Waals surface area contributed by atoms with Gasteiger partial charge in [0.2, 0.25) is 0 Å². The number of aliphatic hydroxyl groups is 1. The molecule has 0 saturated heterocycles. The second kappa shape index (κ2) is 11.4. The maximum Gasteiger partial charge on any atom is 0.255 e. The van der Waals surface area contributed by atoms with Gasteiger partial charge in [-0.15, -0.1) is 0 Å². The summed E-state index contributed by atoms with van der Waals surface area (Å²) in [5.74, 6) is 0.173. The standard InChI is InChI=1S/C25H32ClFN6O3/c1-24(2,35)20(27)14-31-23(34)17-13-29-21(33-22-18(26)9-15(11-28)12-30-22)10-19(17)32-16-5-7-25(3,36-4)8-6-16/h9-10,12-13,16,20,35H,5-8,14H2,1-4H3,(H,31,34)(H2,29,30,32,33)/t16?,20-,25?/m1/s1. The number of carbonyl (C=O) groups is 1. The molecule has 1 atom stereocenters. The quantitative estimate of drug-likeness (QED) is 0.385. The summed E-state index contributed by atoms with van der Waals surface area (Å²) in [7, 11) is 1.71. The van der Waals surface area contributed by atoms with Gasteiger partial charge in [0.05, 0.1) is 39.6 Å². The summed E-state index contributed by atoms with van der Waals surface area (Å²) in [6, 6.07) is 5.22. The van der Waals surface area contributed by atoms with Gasteiger partial charge in [-0.25, -0.2) is 14.4 Å². The largest absolute Gasteiger partial charge is 0.387 e. The van der Waals surface area contributed by atoms with Crippen LogP contribution in [0.5, 0.6) is 0 Å². The highest BCUT2D eigenvalue weighted by molar-refractivity contribution is 6.33. The SMILES string of the molecule is COC1(C)CCC(Nc2cc(Nc3ncc(C#N)cc3Cl)ncc2C(=O)NC[C@@H](F)C(C)(C)O)CC1. The topological polar surface area (TPSA) is 132 Å². The summed E-state index contributed by atoms with van der Waals surface area (Å²) >= 11 is 6.23. The number of hydrogen-bond acceptors (Lipinski definition) is 8. The molecule has 194 valence electrons. The average molecular weight is 519 g/mol. The van der Waals surface area contributed by atoms with E-state index in [0.29, 0.717) is 22.9 Å². The molecular weight excluding hydrogens is 487 g/mol. The third-order valence-corrected chi connectivity index (χ3v) is 6.76. The molecule has 2 aromatic rings. The number of halogens is 2. The van der Waals surface area contributed by atoms with E-state index < -0.39 is 17.7 Å². The molecule has 1 amide bonds. The van der Waals surface area contributed by atoms with Crippen molar-refractivity contribution in [3.05, 3.63) is 40.7 Å². The van der Waals surface area contributed by atoms with E-state index in [1.165, 1.54) is 32.3 Å². The summed E-state index contributed by atoms with van der Waals surface area (Å²) < 4.78 is 19.8. The summed E-state index contributed by atoms with van der Waals surface area (Å²) in [6.45, 7) is 4.43. The number of nitrogens with one attached hydrogen (secondary N) is 3. The lowest BCUT2D eigenvalue weighted by molar-refractivity contribution is -0.0252. The molecular formula is C25H32ClFN6O3. The maximum atomic E-state index is 14.2. The molecule has 2 heterocycles. The first-order valence-corrected chi connectivity index (χ1v) is 12.1. The number of rotatable bonds is 9. The number of nitriles is 1. The van der Waals surface area contributed by atoms with Crippen LogP contribution in [-0.2, 0) is 4.74 Å². The van der Waals surface area contributed by atoms with Crippen LogP contribution < -0.4 is 16.0 Å². The Morgan fingerprint density at radius 3 is 2.64 bits per heavy atom. The van der Waals surface area contributed by atoms with Gasteiger partial charge in [-0.1, -0.05) is 11.6 Å². The van der Waals surface area contributed by atoms with Crippen LogP contribution in [0.2, 0.25) is 5.02 Å². The van der Waals surface area contributed by atoms with Gasteiger partial charge in [0.25, 0.3) is 5.91 Å². The molecule has 0 unspecified atom stereocenters. The summed E-state index contributed by atoms with van der Waals surface area (Å²) in [4.78, 5) is 21.4. The van der Waals surface area contributed by atoms with Crippen LogP contribution in [0.4, 0.5) is 21.7 Å². The number of aromatic nitrogens is 2. The second-order valence-electron chi connectivity index (χ2n) is 9.81. The van der Waals surface area contributed by atoms with E-state index in [-0.39, 0.29) is 28.8 Å². The van der Waals surface area contributed by atoms with Crippen LogP contribution in [0, 0.1) is 11.3 Å². The minimum absolute atomic E-state index is 0.0944. The van der Waals surface area contributed by atoms with Gasteiger partial charge in [0.1, 0.15) is 23.9 Å².